The summed E-state index contributed by atoms with van der Waals surface area (Å²) in [7, 11) is -2.86. The average Bonchev–Trinajstić information content (AvgIpc) is 2.39. The van der Waals surface area contributed by atoms with Gasteiger partial charge in [0.2, 0.25) is 0 Å². The van der Waals surface area contributed by atoms with Gasteiger partial charge in [0.1, 0.15) is 0 Å². The Kier molecular flexibility index (Phi) is 4.94. The third-order valence-corrected chi connectivity index (χ3v) is 5.58. The highest BCUT2D eigenvalue weighted by Gasteiger charge is 2.23. The van der Waals surface area contributed by atoms with Crippen LogP contribution in [0.2, 0.25) is 5.02 Å². The van der Waals surface area contributed by atoms with Gasteiger partial charge in [-0.05, 0) is 31.2 Å². The highest BCUT2D eigenvalue weighted by molar-refractivity contribution is 7.91. The minimum atomic E-state index is -2.86. The van der Waals surface area contributed by atoms with Crippen LogP contribution in [0.1, 0.15) is 25.5 Å². The van der Waals surface area contributed by atoms with Gasteiger partial charge in [-0.3, -0.25) is 0 Å². The van der Waals surface area contributed by atoms with Crippen LogP contribution in [0.5, 0.6) is 0 Å². The zero-order valence-electron chi connectivity index (χ0n) is 11.9. The topological polar surface area (TPSA) is 49.4 Å². The molecular weight excluding hydrogens is 296 g/mol. The summed E-state index contributed by atoms with van der Waals surface area (Å²) in [6, 6.07) is 6.27. The third kappa shape index (κ3) is 3.65. The molecule has 1 aliphatic heterocycles. The number of anilines is 1. The number of nitrogens with zero attached hydrogens (tertiary/aromatic N) is 1. The first-order chi connectivity index (χ1) is 9.43. The summed E-state index contributed by atoms with van der Waals surface area (Å²) in [5.74, 6) is 0.414. The molecule has 1 aliphatic rings. The number of benzene rings is 1. The molecule has 0 bridgehead atoms. The van der Waals surface area contributed by atoms with Gasteiger partial charge in [-0.1, -0.05) is 24.6 Å². The molecule has 1 N–H and O–H groups in total. The zero-order valence-corrected chi connectivity index (χ0v) is 13.5. The molecule has 0 saturated carbocycles. The largest absolute Gasteiger partial charge is 0.368 e. The monoisotopic (exact) mass is 316 g/mol. The van der Waals surface area contributed by atoms with Crippen molar-refractivity contribution < 1.29 is 8.42 Å². The standard InChI is InChI=1S/C14H21ClN2O2S/c1-3-16-11(2)12-4-5-14(13(15)10-12)17-6-8-20(18,19)9-7-17/h4-5,10-11,16H,3,6-9H2,1-2H3. The first-order valence-corrected chi connectivity index (χ1v) is 9.11. The third-order valence-electron chi connectivity index (χ3n) is 3.67. The Balaban J connectivity index is 2.14. The minimum Gasteiger partial charge on any atom is -0.368 e. The molecule has 1 unspecified atom stereocenters. The highest BCUT2D eigenvalue weighted by Crippen LogP contribution is 2.30. The molecule has 0 amide bonds. The van der Waals surface area contributed by atoms with Gasteiger partial charge >= 0.3 is 0 Å². The number of rotatable bonds is 4. The summed E-state index contributed by atoms with van der Waals surface area (Å²) in [5, 5.41) is 4.03. The molecule has 2 rings (SSSR count). The van der Waals surface area contributed by atoms with Gasteiger partial charge in [0, 0.05) is 19.1 Å². The Morgan fingerprint density at radius 3 is 2.55 bits per heavy atom. The smallest absolute Gasteiger partial charge is 0.153 e. The van der Waals surface area contributed by atoms with E-state index in [0.29, 0.717) is 18.1 Å². The van der Waals surface area contributed by atoms with Crippen LogP contribution in [0, 0.1) is 0 Å². The van der Waals surface area contributed by atoms with Crippen LogP contribution in [0.3, 0.4) is 0 Å². The molecule has 6 heteroatoms. The summed E-state index contributed by atoms with van der Waals surface area (Å²) >= 11 is 6.36. The molecule has 1 heterocycles. The van der Waals surface area contributed by atoms with Crippen molar-refractivity contribution in [1.29, 1.82) is 0 Å². The van der Waals surface area contributed by atoms with Gasteiger partial charge < -0.3 is 10.2 Å². The van der Waals surface area contributed by atoms with Crippen molar-refractivity contribution in [3.8, 4) is 0 Å². The molecule has 0 spiro atoms. The number of sulfone groups is 1. The number of nitrogens with one attached hydrogen (secondary N) is 1. The molecule has 1 saturated heterocycles. The first kappa shape index (κ1) is 15.6. The molecule has 1 atom stereocenters. The molecule has 20 heavy (non-hydrogen) atoms. The van der Waals surface area contributed by atoms with E-state index < -0.39 is 9.84 Å². The van der Waals surface area contributed by atoms with Crippen molar-refractivity contribution >= 4 is 27.1 Å². The minimum absolute atomic E-state index is 0.207. The summed E-state index contributed by atoms with van der Waals surface area (Å²) in [4.78, 5) is 2.05. The molecule has 0 aromatic heterocycles. The molecule has 4 nitrogen and oxygen atoms in total. The van der Waals surface area contributed by atoms with Gasteiger partial charge in [-0.25, -0.2) is 8.42 Å². The number of hydrogen-bond donors (Lipinski definition) is 1. The van der Waals surface area contributed by atoms with Crippen molar-refractivity contribution in [2.45, 2.75) is 19.9 Å². The van der Waals surface area contributed by atoms with E-state index in [1.165, 1.54) is 0 Å². The van der Waals surface area contributed by atoms with Gasteiger partial charge in [-0.2, -0.15) is 0 Å². The van der Waals surface area contributed by atoms with Crippen LogP contribution in [-0.2, 0) is 9.84 Å². The number of halogens is 1. The van der Waals surface area contributed by atoms with E-state index in [0.717, 1.165) is 17.8 Å². The van der Waals surface area contributed by atoms with Crippen LogP contribution in [0.4, 0.5) is 5.69 Å². The van der Waals surface area contributed by atoms with Gasteiger partial charge in [0.15, 0.2) is 9.84 Å². The zero-order chi connectivity index (χ0) is 14.8. The maximum Gasteiger partial charge on any atom is 0.153 e. The fourth-order valence-corrected chi connectivity index (χ4v) is 3.94. The lowest BCUT2D eigenvalue weighted by molar-refractivity contribution is 0.586. The molecule has 1 fully saturated rings. The van der Waals surface area contributed by atoms with Crippen LogP contribution < -0.4 is 10.2 Å². The van der Waals surface area contributed by atoms with Crippen LogP contribution in [-0.4, -0.2) is 39.6 Å². The molecular formula is C14H21ClN2O2S. The maximum absolute atomic E-state index is 11.5. The summed E-state index contributed by atoms with van der Waals surface area (Å²) in [6.07, 6.45) is 0. The van der Waals surface area contributed by atoms with E-state index in [4.69, 9.17) is 11.6 Å². The fourth-order valence-electron chi connectivity index (χ4n) is 2.43. The van der Waals surface area contributed by atoms with Crippen LogP contribution in [0.25, 0.3) is 0 Å². The van der Waals surface area contributed by atoms with Gasteiger partial charge in [0.25, 0.3) is 0 Å². The van der Waals surface area contributed by atoms with Gasteiger partial charge in [-0.15, -0.1) is 0 Å². The lowest BCUT2D eigenvalue weighted by atomic mass is 10.1. The Labute approximate surface area is 126 Å². The fraction of sp³-hybridized carbons (Fsp3) is 0.571. The quantitative estimate of drug-likeness (QED) is 0.925. The SMILES string of the molecule is CCNC(C)c1ccc(N2CCS(=O)(=O)CC2)c(Cl)c1. The normalized spacial score (nSPS) is 19.9. The average molecular weight is 317 g/mol. The van der Waals surface area contributed by atoms with Crippen LogP contribution >= 0.6 is 11.6 Å². The van der Waals surface area contributed by atoms with Crippen molar-refractivity contribution in [2.75, 3.05) is 36.0 Å². The Morgan fingerprint density at radius 1 is 1.35 bits per heavy atom. The molecule has 112 valence electrons. The maximum atomic E-state index is 11.5. The van der Waals surface area contributed by atoms with Crippen molar-refractivity contribution in [3.63, 3.8) is 0 Å². The molecule has 1 aromatic rings. The predicted molar refractivity (Wildman–Crippen MR) is 84.4 cm³/mol. The van der Waals surface area contributed by atoms with Crippen molar-refractivity contribution in [1.82, 2.24) is 5.32 Å². The molecule has 0 aliphatic carbocycles. The summed E-state index contributed by atoms with van der Waals surface area (Å²) in [5.41, 5.74) is 2.07. The van der Waals surface area contributed by atoms with Crippen molar-refractivity contribution in [2.24, 2.45) is 0 Å². The van der Waals surface area contributed by atoms with Crippen molar-refractivity contribution in [3.05, 3.63) is 28.8 Å². The summed E-state index contributed by atoms with van der Waals surface area (Å²) in [6.45, 7) is 6.11. The van der Waals surface area contributed by atoms with E-state index >= 15 is 0 Å². The lowest BCUT2D eigenvalue weighted by Gasteiger charge is -2.30. The lowest BCUT2D eigenvalue weighted by Crippen LogP contribution is -2.40. The van der Waals surface area contributed by atoms with E-state index in [-0.39, 0.29) is 17.5 Å². The first-order valence-electron chi connectivity index (χ1n) is 6.91. The second-order valence-corrected chi connectivity index (χ2v) is 7.84. The van der Waals surface area contributed by atoms with E-state index in [9.17, 15) is 8.42 Å². The highest BCUT2D eigenvalue weighted by atomic mass is 35.5. The Bertz CT molecular complexity index is 561. The molecule has 0 radical (unpaired) electrons. The predicted octanol–water partition coefficient (Wildman–Crippen LogP) is 2.25. The Hall–Kier alpha value is -0.780. The van der Waals surface area contributed by atoms with E-state index in [1.54, 1.807) is 0 Å². The molecule has 1 aromatic carbocycles. The second-order valence-electron chi connectivity index (χ2n) is 5.13. The summed E-state index contributed by atoms with van der Waals surface area (Å²) < 4.78 is 22.9. The van der Waals surface area contributed by atoms with E-state index in [1.807, 2.05) is 17.0 Å². The van der Waals surface area contributed by atoms with E-state index in [2.05, 4.69) is 25.2 Å². The number of hydrogen-bond acceptors (Lipinski definition) is 4. The second kappa shape index (κ2) is 6.33. The van der Waals surface area contributed by atoms with Gasteiger partial charge in [0.05, 0.1) is 22.2 Å². The van der Waals surface area contributed by atoms with Crippen LogP contribution in [0.15, 0.2) is 18.2 Å². The Morgan fingerprint density at radius 2 is 2.00 bits per heavy atom.